The highest BCUT2D eigenvalue weighted by Crippen LogP contribution is 2.28. The second-order valence-corrected chi connectivity index (χ2v) is 5.75. The Labute approximate surface area is 126 Å². The molecule has 1 heterocycles. The zero-order valence-corrected chi connectivity index (χ0v) is 13.1. The van der Waals surface area contributed by atoms with Gasteiger partial charge in [-0.05, 0) is 57.9 Å². The van der Waals surface area contributed by atoms with Crippen LogP contribution in [0.25, 0.3) is 0 Å². The van der Waals surface area contributed by atoms with E-state index in [0.29, 0.717) is 6.10 Å². The maximum Gasteiger partial charge on any atom is 0.124 e. The minimum atomic E-state index is 0.224. The summed E-state index contributed by atoms with van der Waals surface area (Å²) in [6, 6.07) is 6.03. The Hall–Kier alpha value is -0.770. The molecule has 1 fully saturated rings. The van der Waals surface area contributed by atoms with Gasteiger partial charge in [-0.1, -0.05) is 11.6 Å². The summed E-state index contributed by atoms with van der Waals surface area (Å²) in [4.78, 5) is 0. The van der Waals surface area contributed by atoms with Gasteiger partial charge in [-0.15, -0.1) is 0 Å². The van der Waals surface area contributed by atoms with Crippen LogP contribution in [0.15, 0.2) is 18.2 Å². The van der Waals surface area contributed by atoms with Gasteiger partial charge >= 0.3 is 0 Å². The van der Waals surface area contributed by atoms with Gasteiger partial charge in [0.25, 0.3) is 0 Å². The first-order valence-electron chi connectivity index (χ1n) is 7.42. The third-order valence-corrected chi connectivity index (χ3v) is 4.06. The molecule has 1 aliphatic rings. The maximum atomic E-state index is 6.07. The summed E-state index contributed by atoms with van der Waals surface area (Å²) in [5.74, 6) is 0.920. The molecule has 0 radical (unpaired) electrons. The first kappa shape index (κ1) is 15.6. The zero-order chi connectivity index (χ0) is 14.4. The van der Waals surface area contributed by atoms with Gasteiger partial charge in [-0.3, -0.25) is 0 Å². The maximum absolute atomic E-state index is 6.07. The fourth-order valence-corrected chi connectivity index (χ4v) is 2.69. The van der Waals surface area contributed by atoms with Crippen molar-refractivity contribution in [1.29, 1.82) is 0 Å². The van der Waals surface area contributed by atoms with E-state index in [-0.39, 0.29) is 6.04 Å². The third-order valence-electron chi connectivity index (χ3n) is 3.82. The highest BCUT2D eigenvalue weighted by molar-refractivity contribution is 6.30. The van der Waals surface area contributed by atoms with Gasteiger partial charge in [0.15, 0.2) is 0 Å². The fourth-order valence-electron chi connectivity index (χ4n) is 2.51. The van der Waals surface area contributed by atoms with Crippen LogP contribution in [0.2, 0.25) is 5.02 Å². The second-order valence-electron chi connectivity index (χ2n) is 5.32. The average Bonchev–Trinajstić information content (AvgIpc) is 2.97. The Morgan fingerprint density at radius 1 is 1.50 bits per heavy atom. The van der Waals surface area contributed by atoms with Crippen LogP contribution in [0, 0.1) is 0 Å². The van der Waals surface area contributed by atoms with Crippen LogP contribution in [0.4, 0.5) is 0 Å². The van der Waals surface area contributed by atoms with E-state index in [0.717, 1.165) is 42.4 Å². The Bertz CT molecular complexity index is 419. The molecule has 0 saturated carbocycles. The summed E-state index contributed by atoms with van der Waals surface area (Å²) in [5.41, 5.74) is 1.11. The highest BCUT2D eigenvalue weighted by Gasteiger charge is 2.15. The lowest BCUT2D eigenvalue weighted by molar-refractivity contribution is 0.0980. The van der Waals surface area contributed by atoms with Crippen molar-refractivity contribution in [2.24, 2.45) is 0 Å². The van der Waals surface area contributed by atoms with Crippen molar-refractivity contribution in [2.45, 2.75) is 44.8 Å². The van der Waals surface area contributed by atoms with Crippen LogP contribution in [-0.4, -0.2) is 26.4 Å². The van der Waals surface area contributed by atoms with Crippen molar-refractivity contribution in [1.82, 2.24) is 5.32 Å². The lowest BCUT2D eigenvalue weighted by Crippen LogP contribution is -2.14. The van der Waals surface area contributed by atoms with Crippen molar-refractivity contribution < 1.29 is 9.47 Å². The molecular formula is C16H24ClNO2. The van der Waals surface area contributed by atoms with E-state index in [1.807, 2.05) is 25.2 Å². The zero-order valence-electron chi connectivity index (χ0n) is 12.3. The number of halogens is 1. The number of benzene rings is 1. The van der Waals surface area contributed by atoms with E-state index in [4.69, 9.17) is 21.1 Å². The molecule has 2 unspecified atom stereocenters. The summed E-state index contributed by atoms with van der Waals surface area (Å²) in [6.45, 7) is 3.75. The Morgan fingerprint density at radius 3 is 3.05 bits per heavy atom. The van der Waals surface area contributed by atoms with Gasteiger partial charge in [0.2, 0.25) is 0 Å². The Morgan fingerprint density at radius 2 is 2.35 bits per heavy atom. The summed E-state index contributed by atoms with van der Waals surface area (Å²) in [7, 11) is 1.94. The minimum absolute atomic E-state index is 0.224. The van der Waals surface area contributed by atoms with E-state index < -0.39 is 0 Å². The molecule has 0 aromatic heterocycles. The Kier molecular flexibility index (Phi) is 6.14. The molecule has 1 aromatic rings. The van der Waals surface area contributed by atoms with Crippen LogP contribution in [0.1, 0.15) is 44.2 Å². The molecule has 1 saturated heterocycles. The second kappa shape index (κ2) is 7.87. The SMILES string of the molecule is CNC(C)c1cc(Cl)ccc1OCCCC1CCCO1. The largest absolute Gasteiger partial charge is 0.493 e. The molecule has 2 atom stereocenters. The number of ether oxygens (including phenoxy) is 2. The standard InChI is InChI=1S/C16H24ClNO2/c1-12(18-2)15-11-13(17)7-8-16(15)20-10-4-6-14-5-3-9-19-14/h7-8,11-12,14,18H,3-6,9-10H2,1-2H3. The lowest BCUT2D eigenvalue weighted by atomic mass is 10.1. The van der Waals surface area contributed by atoms with E-state index >= 15 is 0 Å². The molecule has 1 N–H and O–H groups in total. The van der Waals surface area contributed by atoms with Crippen LogP contribution in [-0.2, 0) is 4.74 Å². The van der Waals surface area contributed by atoms with Crippen molar-refractivity contribution in [3.63, 3.8) is 0 Å². The number of rotatable bonds is 7. The first-order chi connectivity index (χ1) is 9.70. The van der Waals surface area contributed by atoms with Gasteiger partial charge in [-0.2, -0.15) is 0 Å². The normalized spacial score (nSPS) is 20.1. The van der Waals surface area contributed by atoms with Crippen molar-refractivity contribution in [3.05, 3.63) is 28.8 Å². The molecule has 3 nitrogen and oxygen atoms in total. The quantitative estimate of drug-likeness (QED) is 0.773. The monoisotopic (exact) mass is 297 g/mol. The predicted molar refractivity (Wildman–Crippen MR) is 82.6 cm³/mol. The molecule has 0 amide bonds. The van der Waals surface area contributed by atoms with Crippen LogP contribution in [0.3, 0.4) is 0 Å². The fraction of sp³-hybridized carbons (Fsp3) is 0.625. The smallest absolute Gasteiger partial charge is 0.124 e. The predicted octanol–water partition coefficient (Wildman–Crippen LogP) is 3.96. The van der Waals surface area contributed by atoms with E-state index in [1.54, 1.807) is 0 Å². The van der Waals surface area contributed by atoms with Crippen molar-refractivity contribution in [3.8, 4) is 5.75 Å². The van der Waals surface area contributed by atoms with Gasteiger partial charge in [-0.25, -0.2) is 0 Å². The summed E-state index contributed by atoms with van der Waals surface area (Å²) in [6.07, 6.45) is 4.96. The summed E-state index contributed by atoms with van der Waals surface area (Å²) < 4.78 is 11.5. The van der Waals surface area contributed by atoms with Gasteiger partial charge in [0.05, 0.1) is 12.7 Å². The van der Waals surface area contributed by atoms with Gasteiger partial charge in [0, 0.05) is 23.2 Å². The summed E-state index contributed by atoms with van der Waals surface area (Å²) in [5, 5.41) is 3.97. The number of hydrogen-bond acceptors (Lipinski definition) is 3. The van der Waals surface area contributed by atoms with Crippen molar-refractivity contribution in [2.75, 3.05) is 20.3 Å². The molecule has 1 aromatic carbocycles. The molecule has 20 heavy (non-hydrogen) atoms. The van der Waals surface area contributed by atoms with Crippen molar-refractivity contribution >= 4 is 11.6 Å². The van der Waals surface area contributed by atoms with Gasteiger partial charge < -0.3 is 14.8 Å². The van der Waals surface area contributed by atoms with Crippen LogP contribution >= 0.6 is 11.6 Å². The number of hydrogen-bond donors (Lipinski definition) is 1. The third kappa shape index (κ3) is 4.37. The van der Waals surface area contributed by atoms with Crippen LogP contribution < -0.4 is 10.1 Å². The minimum Gasteiger partial charge on any atom is -0.493 e. The first-order valence-corrected chi connectivity index (χ1v) is 7.79. The molecule has 1 aliphatic heterocycles. The molecule has 0 bridgehead atoms. The molecule has 2 rings (SSSR count). The molecule has 4 heteroatoms. The number of nitrogens with one attached hydrogen (secondary N) is 1. The Balaban J connectivity index is 1.84. The molecule has 0 aliphatic carbocycles. The highest BCUT2D eigenvalue weighted by atomic mass is 35.5. The van der Waals surface area contributed by atoms with E-state index in [1.165, 1.54) is 12.8 Å². The van der Waals surface area contributed by atoms with E-state index in [9.17, 15) is 0 Å². The van der Waals surface area contributed by atoms with Gasteiger partial charge in [0.1, 0.15) is 5.75 Å². The van der Waals surface area contributed by atoms with Crippen LogP contribution in [0.5, 0.6) is 5.75 Å². The lowest BCUT2D eigenvalue weighted by Gasteiger charge is -2.17. The van der Waals surface area contributed by atoms with E-state index in [2.05, 4.69) is 12.2 Å². The molecule has 112 valence electrons. The summed E-state index contributed by atoms with van der Waals surface area (Å²) >= 11 is 6.07. The molecular weight excluding hydrogens is 274 g/mol. The molecule has 0 spiro atoms. The average molecular weight is 298 g/mol. The topological polar surface area (TPSA) is 30.5 Å².